The van der Waals surface area contributed by atoms with Crippen molar-refractivity contribution in [2.45, 2.75) is 5.33 Å². The van der Waals surface area contributed by atoms with Gasteiger partial charge in [-0.25, -0.2) is 4.98 Å². The van der Waals surface area contributed by atoms with Crippen LogP contribution >= 0.6 is 27.3 Å². The van der Waals surface area contributed by atoms with Gasteiger partial charge in [-0.15, -0.1) is 11.3 Å². The summed E-state index contributed by atoms with van der Waals surface area (Å²) >= 11 is 5.12. The van der Waals surface area contributed by atoms with E-state index in [1.807, 2.05) is 0 Å². The second kappa shape index (κ2) is 4.59. The van der Waals surface area contributed by atoms with Crippen LogP contribution in [-0.4, -0.2) is 4.98 Å². The normalized spacial score (nSPS) is 10.9. The smallest absolute Gasteiger partial charge is 0.104 e. The highest BCUT2D eigenvalue weighted by molar-refractivity contribution is 9.08. The van der Waals surface area contributed by atoms with E-state index in [0.29, 0.717) is 0 Å². The van der Waals surface area contributed by atoms with Gasteiger partial charge in [0, 0.05) is 10.9 Å². The Hall–Kier alpha value is -1.19. The van der Waals surface area contributed by atoms with Gasteiger partial charge in [-0.3, -0.25) is 0 Å². The molecule has 0 aliphatic carbocycles. The molecular weight excluding hydrogens is 294 g/mol. The van der Waals surface area contributed by atoms with Crippen molar-refractivity contribution in [3.8, 4) is 11.3 Å². The third-order valence-corrected chi connectivity index (χ3v) is 4.46. The van der Waals surface area contributed by atoms with E-state index in [1.54, 1.807) is 11.3 Å². The van der Waals surface area contributed by atoms with Crippen LogP contribution in [0.15, 0.2) is 47.8 Å². The highest BCUT2D eigenvalue weighted by atomic mass is 79.9. The van der Waals surface area contributed by atoms with E-state index in [4.69, 9.17) is 0 Å². The second-order valence-corrected chi connectivity index (χ2v) is 5.33. The van der Waals surface area contributed by atoms with Gasteiger partial charge < -0.3 is 0 Å². The minimum Gasteiger partial charge on any atom is -0.240 e. The number of aromatic nitrogens is 1. The van der Waals surface area contributed by atoms with Crippen molar-refractivity contribution in [2.75, 3.05) is 0 Å². The monoisotopic (exact) mass is 303 g/mol. The van der Waals surface area contributed by atoms with Crippen LogP contribution in [0.4, 0.5) is 0 Å². The summed E-state index contributed by atoms with van der Waals surface area (Å²) in [6.07, 6.45) is 0. The lowest BCUT2D eigenvalue weighted by molar-refractivity contribution is 1.28. The molecule has 84 valence electrons. The van der Waals surface area contributed by atoms with Gasteiger partial charge in [-0.05, 0) is 16.8 Å². The Bertz CT molecular complexity index is 660. The molecule has 0 aliphatic rings. The van der Waals surface area contributed by atoms with Gasteiger partial charge in [0.2, 0.25) is 0 Å². The maximum atomic E-state index is 4.58. The summed E-state index contributed by atoms with van der Waals surface area (Å²) in [4.78, 5) is 4.58. The lowest BCUT2D eigenvalue weighted by Crippen LogP contribution is -1.80. The largest absolute Gasteiger partial charge is 0.240 e. The molecule has 17 heavy (non-hydrogen) atoms. The topological polar surface area (TPSA) is 12.9 Å². The first-order chi connectivity index (χ1) is 8.36. The van der Waals surface area contributed by atoms with Crippen molar-refractivity contribution in [3.63, 3.8) is 0 Å². The molecule has 1 aromatic heterocycles. The molecule has 0 spiro atoms. The molecule has 0 radical (unpaired) electrons. The Kier molecular flexibility index (Phi) is 2.95. The number of fused-ring (bicyclic) bond motifs is 1. The summed E-state index contributed by atoms with van der Waals surface area (Å²) < 4.78 is 0. The third kappa shape index (κ3) is 2.13. The number of thiazole rings is 1. The van der Waals surface area contributed by atoms with E-state index in [-0.39, 0.29) is 0 Å². The van der Waals surface area contributed by atoms with Gasteiger partial charge in [0.05, 0.1) is 11.0 Å². The highest BCUT2D eigenvalue weighted by Gasteiger charge is 2.04. The summed E-state index contributed by atoms with van der Waals surface area (Å²) in [6, 6.07) is 14.9. The van der Waals surface area contributed by atoms with Crippen molar-refractivity contribution in [1.29, 1.82) is 0 Å². The van der Waals surface area contributed by atoms with Gasteiger partial charge in [0.15, 0.2) is 0 Å². The fourth-order valence-corrected chi connectivity index (χ4v) is 3.03. The average Bonchev–Trinajstić information content (AvgIpc) is 2.87. The molecule has 0 amide bonds. The molecule has 1 heterocycles. The Balaban J connectivity index is 2.11. The minimum atomic E-state index is 0.825. The van der Waals surface area contributed by atoms with Crippen LogP contribution in [0.2, 0.25) is 0 Å². The van der Waals surface area contributed by atoms with Crippen LogP contribution in [0.3, 0.4) is 0 Å². The van der Waals surface area contributed by atoms with Gasteiger partial charge in [0.25, 0.3) is 0 Å². The van der Waals surface area contributed by atoms with E-state index in [9.17, 15) is 0 Å². The molecule has 3 heteroatoms. The van der Waals surface area contributed by atoms with E-state index in [1.165, 1.54) is 16.3 Å². The third-order valence-electron chi connectivity index (χ3n) is 2.71. The predicted octanol–water partition coefficient (Wildman–Crippen LogP) is 4.86. The molecule has 0 N–H and O–H groups in total. The molecule has 3 aromatic rings. The number of benzene rings is 2. The van der Waals surface area contributed by atoms with Crippen molar-refractivity contribution < 1.29 is 0 Å². The van der Waals surface area contributed by atoms with Crippen molar-refractivity contribution in [3.05, 3.63) is 52.9 Å². The first-order valence-corrected chi connectivity index (χ1v) is 7.36. The summed E-state index contributed by atoms with van der Waals surface area (Å²) in [6.45, 7) is 0. The molecule has 0 atom stereocenters. The fraction of sp³-hybridized carbons (Fsp3) is 0.0714. The number of hydrogen-bond acceptors (Lipinski definition) is 2. The highest BCUT2D eigenvalue weighted by Crippen LogP contribution is 2.26. The number of hydrogen-bond donors (Lipinski definition) is 0. The molecule has 0 fully saturated rings. The van der Waals surface area contributed by atoms with Gasteiger partial charge >= 0.3 is 0 Å². The summed E-state index contributed by atoms with van der Waals surface area (Å²) in [5.74, 6) is 0. The standard InChI is InChI=1S/C14H10BrNS/c15-8-14-16-13(9-17-14)12-6-5-10-3-1-2-4-11(10)7-12/h1-7,9H,8H2. The molecule has 0 aliphatic heterocycles. The summed E-state index contributed by atoms with van der Waals surface area (Å²) in [5.41, 5.74) is 2.25. The van der Waals surface area contributed by atoms with Crippen LogP contribution in [0.25, 0.3) is 22.0 Å². The molecular formula is C14H10BrNS. The van der Waals surface area contributed by atoms with Crippen LogP contribution in [-0.2, 0) is 5.33 Å². The Morgan fingerprint density at radius 2 is 1.88 bits per heavy atom. The lowest BCUT2D eigenvalue weighted by atomic mass is 10.1. The van der Waals surface area contributed by atoms with Crippen LogP contribution in [0, 0.1) is 0 Å². The number of nitrogens with zero attached hydrogens (tertiary/aromatic N) is 1. The Morgan fingerprint density at radius 1 is 1.06 bits per heavy atom. The number of halogens is 1. The first kappa shape index (κ1) is 10.9. The molecule has 0 unspecified atom stereocenters. The molecule has 0 bridgehead atoms. The molecule has 1 nitrogen and oxygen atoms in total. The Morgan fingerprint density at radius 3 is 2.65 bits per heavy atom. The van der Waals surface area contributed by atoms with Gasteiger partial charge in [-0.1, -0.05) is 52.3 Å². The van der Waals surface area contributed by atoms with Crippen LogP contribution < -0.4 is 0 Å². The predicted molar refractivity (Wildman–Crippen MR) is 77.7 cm³/mol. The van der Waals surface area contributed by atoms with E-state index >= 15 is 0 Å². The average molecular weight is 304 g/mol. The van der Waals surface area contributed by atoms with E-state index < -0.39 is 0 Å². The number of alkyl halides is 1. The van der Waals surface area contributed by atoms with E-state index in [2.05, 4.69) is 68.8 Å². The molecule has 0 saturated carbocycles. The van der Waals surface area contributed by atoms with Crippen LogP contribution in [0.1, 0.15) is 5.01 Å². The molecule has 3 rings (SSSR count). The molecule has 0 saturated heterocycles. The fourth-order valence-electron chi connectivity index (χ4n) is 1.85. The quantitative estimate of drug-likeness (QED) is 0.616. The first-order valence-electron chi connectivity index (χ1n) is 5.36. The number of rotatable bonds is 2. The second-order valence-electron chi connectivity index (χ2n) is 3.82. The molecule has 2 aromatic carbocycles. The summed E-state index contributed by atoms with van der Waals surface area (Å²) in [5, 5.41) is 6.59. The van der Waals surface area contributed by atoms with Crippen molar-refractivity contribution in [1.82, 2.24) is 4.98 Å². The maximum absolute atomic E-state index is 4.58. The maximum Gasteiger partial charge on any atom is 0.104 e. The lowest BCUT2D eigenvalue weighted by Gasteiger charge is -2.00. The zero-order valence-corrected chi connectivity index (χ0v) is 11.5. The van der Waals surface area contributed by atoms with E-state index in [0.717, 1.165) is 16.0 Å². The van der Waals surface area contributed by atoms with Crippen LogP contribution in [0.5, 0.6) is 0 Å². The SMILES string of the molecule is BrCc1nc(-c2ccc3ccccc3c2)cs1. The zero-order chi connectivity index (χ0) is 11.7. The van der Waals surface area contributed by atoms with Gasteiger partial charge in [0.1, 0.15) is 5.01 Å². The minimum absolute atomic E-state index is 0.825. The van der Waals surface area contributed by atoms with Crippen molar-refractivity contribution in [2.24, 2.45) is 0 Å². The van der Waals surface area contributed by atoms with Crippen molar-refractivity contribution >= 4 is 38.0 Å². The Labute approximate surface area is 112 Å². The van der Waals surface area contributed by atoms with Gasteiger partial charge in [-0.2, -0.15) is 0 Å². The zero-order valence-electron chi connectivity index (χ0n) is 9.06. The summed E-state index contributed by atoms with van der Waals surface area (Å²) in [7, 11) is 0.